The van der Waals surface area contributed by atoms with Crippen molar-refractivity contribution in [3.05, 3.63) is 12.5 Å². The lowest BCUT2D eigenvalue weighted by atomic mass is 10.5. The third-order valence-electron chi connectivity index (χ3n) is 0.861. The van der Waals surface area contributed by atoms with Crippen LogP contribution < -0.4 is 21.4 Å². The molecule has 0 fully saturated rings. The minimum absolute atomic E-state index is 0.490. The molecule has 6 N–H and O–H groups in total. The Morgan fingerprint density at radius 1 is 1.38 bits per heavy atom. The fourth-order valence-electron chi connectivity index (χ4n) is 0.412. The Morgan fingerprint density at radius 3 is 2.50 bits per heavy atom. The van der Waals surface area contributed by atoms with Gasteiger partial charge >= 0.3 is 12.1 Å². The zero-order valence-electron chi connectivity index (χ0n) is 4.31. The van der Waals surface area contributed by atoms with Crippen LogP contribution in [0.1, 0.15) is 0 Å². The number of hydrogen-bond acceptors (Lipinski definition) is 2. The number of anilines is 2. The topological polar surface area (TPSA) is 80.3 Å². The van der Waals surface area contributed by atoms with E-state index in [0.717, 1.165) is 0 Å². The van der Waals surface area contributed by atoms with Gasteiger partial charge in [-0.2, -0.15) is 4.98 Å². The molecule has 42 valence electrons. The Kier molecular flexibility index (Phi) is 0.997. The highest BCUT2D eigenvalue weighted by atomic mass is 14.9. The Morgan fingerprint density at radius 2 is 2.12 bits per heavy atom. The molecule has 0 atom stereocenters. The van der Waals surface area contributed by atoms with Crippen molar-refractivity contribution in [1.29, 1.82) is 0 Å². The second kappa shape index (κ2) is 1.65. The highest BCUT2D eigenvalue weighted by Gasteiger charge is 2.00. The molecular formula is C4H8N4+2. The molecule has 0 bridgehead atoms. The molecular weight excluding hydrogens is 104 g/mol. The van der Waals surface area contributed by atoms with Gasteiger partial charge in [0.1, 0.15) is 0 Å². The van der Waals surface area contributed by atoms with Crippen LogP contribution in [0.4, 0.5) is 11.5 Å². The second-order valence-electron chi connectivity index (χ2n) is 1.47. The number of aromatic amines is 2. The summed E-state index contributed by atoms with van der Waals surface area (Å²) in [5, 5.41) is 0. The van der Waals surface area contributed by atoms with Crippen LogP contribution in [0.5, 0.6) is 0 Å². The van der Waals surface area contributed by atoms with E-state index in [9.17, 15) is 0 Å². The van der Waals surface area contributed by atoms with Crippen LogP contribution >= 0.6 is 0 Å². The van der Waals surface area contributed by atoms with Gasteiger partial charge in [0.05, 0.1) is 0 Å². The van der Waals surface area contributed by atoms with Crippen molar-refractivity contribution in [3.63, 3.8) is 0 Å². The minimum Gasteiger partial charge on any atom is -0.387 e. The first kappa shape index (κ1) is 4.83. The van der Waals surface area contributed by atoms with Gasteiger partial charge in [0.25, 0.3) is 0 Å². The maximum absolute atomic E-state index is 5.33. The largest absolute Gasteiger partial charge is 0.405 e. The van der Waals surface area contributed by atoms with Crippen LogP contribution in [0.15, 0.2) is 12.5 Å². The van der Waals surface area contributed by atoms with Crippen LogP contribution in [-0.2, 0) is 0 Å². The zero-order chi connectivity index (χ0) is 5.98. The molecule has 0 amide bonds. The average Bonchev–Trinajstić information content (AvgIpc) is 1.77. The summed E-state index contributed by atoms with van der Waals surface area (Å²) in [6, 6.07) is 0. The van der Waals surface area contributed by atoms with Gasteiger partial charge in [-0.3, -0.25) is 0 Å². The molecule has 0 radical (unpaired) electrons. The van der Waals surface area contributed by atoms with E-state index in [0.29, 0.717) is 11.5 Å². The molecule has 1 rings (SSSR count). The summed E-state index contributed by atoms with van der Waals surface area (Å²) in [6.07, 6.45) is 3.22. The second-order valence-corrected chi connectivity index (χ2v) is 1.47. The van der Waals surface area contributed by atoms with Crippen molar-refractivity contribution < 1.29 is 9.97 Å². The zero-order valence-corrected chi connectivity index (χ0v) is 4.31. The summed E-state index contributed by atoms with van der Waals surface area (Å²) >= 11 is 0. The molecule has 4 nitrogen and oxygen atoms in total. The van der Waals surface area contributed by atoms with Gasteiger partial charge in [-0.05, 0) is 0 Å². The number of nitrogens with one attached hydrogen (secondary N) is 2. The molecule has 1 heterocycles. The first-order chi connectivity index (χ1) is 3.80. The first-order valence-corrected chi connectivity index (χ1v) is 2.23. The highest BCUT2D eigenvalue weighted by molar-refractivity contribution is 5.50. The van der Waals surface area contributed by atoms with Gasteiger partial charge in [0, 0.05) is 0 Å². The van der Waals surface area contributed by atoms with Crippen LogP contribution in [-0.4, -0.2) is 0 Å². The molecule has 0 unspecified atom stereocenters. The lowest BCUT2D eigenvalue weighted by Gasteiger charge is -1.81. The first-order valence-electron chi connectivity index (χ1n) is 2.23. The van der Waals surface area contributed by atoms with E-state index in [2.05, 4.69) is 9.97 Å². The SMILES string of the molecule is Nc1c[nH+]c[nH+]c1N. The van der Waals surface area contributed by atoms with Crippen molar-refractivity contribution in [3.8, 4) is 0 Å². The summed E-state index contributed by atoms with van der Waals surface area (Å²) in [5.41, 5.74) is 11.2. The number of nitrogen functional groups attached to an aromatic ring is 2. The smallest absolute Gasteiger partial charge is 0.387 e. The van der Waals surface area contributed by atoms with Crippen molar-refractivity contribution in [2.45, 2.75) is 0 Å². The van der Waals surface area contributed by atoms with Gasteiger partial charge in [0.2, 0.25) is 6.20 Å². The molecule has 4 heteroatoms. The molecule has 8 heavy (non-hydrogen) atoms. The van der Waals surface area contributed by atoms with Crippen molar-refractivity contribution in [1.82, 2.24) is 0 Å². The van der Waals surface area contributed by atoms with Crippen molar-refractivity contribution >= 4 is 11.5 Å². The lowest BCUT2D eigenvalue weighted by molar-refractivity contribution is -0.521. The molecule has 0 aliphatic heterocycles. The van der Waals surface area contributed by atoms with Crippen molar-refractivity contribution in [2.24, 2.45) is 0 Å². The average molecular weight is 112 g/mol. The van der Waals surface area contributed by atoms with Crippen LogP contribution in [0.2, 0.25) is 0 Å². The number of nitrogens with two attached hydrogens (primary N) is 2. The van der Waals surface area contributed by atoms with E-state index >= 15 is 0 Å². The molecule has 0 aliphatic rings. The monoisotopic (exact) mass is 112 g/mol. The molecule has 0 aromatic carbocycles. The number of H-pyrrole nitrogens is 2. The Labute approximate surface area is 46.6 Å². The van der Waals surface area contributed by atoms with Gasteiger partial charge in [-0.25, -0.2) is 0 Å². The Balaban J connectivity index is 3.13. The van der Waals surface area contributed by atoms with E-state index in [1.165, 1.54) is 0 Å². The fourth-order valence-corrected chi connectivity index (χ4v) is 0.412. The summed E-state index contributed by atoms with van der Waals surface area (Å²) in [5.74, 6) is 0.490. The Bertz CT molecular complexity index is 164. The van der Waals surface area contributed by atoms with Crippen LogP contribution in [0, 0.1) is 0 Å². The molecule has 1 aromatic rings. The summed E-state index contributed by atoms with van der Waals surface area (Å²) in [6.45, 7) is 0. The molecule has 0 saturated carbocycles. The van der Waals surface area contributed by atoms with E-state index in [1.54, 1.807) is 12.5 Å². The predicted octanol–water partition coefficient (Wildman–Crippen LogP) is -1.52. The van der Waals surface area contributed by atoms with Crippen LogP contribution in [0.25, 0.3) is 0 Å². The highest BCUT2D eigenvalue weighted by Crippen LogP contribution is 1.97. The van der Waals surface area contributed by atoms with E-state index in [-0.39, 0.29) is 0 Å². The molecule has 0 saturated heterocycles. The minimum atomic E-state index is 0.490. The quantitative estimate of drug-likeness (QED) is 0.427. The van der Waals surface area contributed by atoms with E-state index in [1.807, 2.05) is 0 Å². The normalized spacial score (nSPS) is 9.00. The number of hydrogen-bond donors (Lipinski definition) is 2. The van der Waals surface area contributed by atoms with Gasteiger partial charge < -0.3 is 11.5 Å². The summed E-state index contributed by atoms with van der Waals surface area (Å²) < 4.78 is 0. The van der Waals surface area contributed by atoms with Crippen LogP contribution in [0.3, 0.4) is 0 Å². The Hall–Kier alpha value is -1.32. The van der Waals surface area contributed by atoms with Gasteiger partial charge in [-0.15, -0.1) is 4.98 Å². The standard InChI is InChI=1S/C4H6N4/c5-3-1-7-2-8-4(3)6/h1-2H,5H2,(H2,6,7,8)/p+2. The van der Waals surface area contributed by atoms with E-state index in [4.69, 9.17) is 11.5 Å². The third kappa shape index (κ3) is 0.676. The number of rotatable bonds is 0. The molecule has 1 aromatic heterocycles. The lowest BCUT2D eigenvalue weighted by Crippen LogP contribution is -2.20. The van der Waals surface area contributed by atoms with E-state index < -0.39 is 0 Å². The van der Waals surface area contributed by atoms with Gasteiger partial charge in [-0.1, -0.05) is 0 Å². The summed E-state index contributed by atoms with van der Waals surface area (Å²) in [4.78, 5) is 5.44. The summed E-state index contributed by atoms with van der Waals surface area (Å²) in [7, 11) is 0. The van der Waals surface area contributed by atoms with Crippen molar-refractivity contribution in [2.75, 3.05) is 11.5 Å². The number of aromatic nitrogens is 2. The fraction of sp³-hybridized carbons (Fsp3) is 0. The predicted molar refractivity (Wildman–Crippen MR) is 28.4 cm³/mol. The maximum Gasteiger partial charge on any atom is 0.405 e. The maximum atomic E-state index is 5.33. The molecule has 0 aliphatic carbocycles. The third-order valence-corrected chi connectivity index (χ3v) is 0.861. The van der Waals surface area contributed by atoms with Gasteiger partial charge in [0.15, 0.2) is 5.69 Å². The molecule has 0 spiro atoms.